The zero-order valence-corrected chi connectivity index (χ0v) is 22.8. The summed E-state index contributed by atoms with van der Waals surface area (Å²) in [7, 11) is -3.17. The molecular weight excluding hydrogens is 507 g/mol. The Morgan fingerprint density at radius 3 is 1.77 bits per heavy atom. The molecule has 0 amide bonds. The van der Waals surface area contributed by atoms with Gasteiger partial charge in [-0.05, 0) is 76.7 Å². The van der Waals surface area contributed by atoms with Crippen LogP contribution in [0.15, 0.2) is 134 Å². The van der Waals surface area contributed by atoms with Crippen LogP contribution in [0.2, 0.25) is 0 Å². The van der Waals surface area contributed by atoms with Crippen molar-refractivity contribution in [3.63, 3.8) is 0 Å². The highest BCUT2D eigenvalue weighted by Gasteiger charge is 2.47. The number of nitrogens with zero attached hydrogens (tertiary/aromatic N) is 2. The summed E-state index contributed by atoms with van der Waals surface area (Å²) < 4.78 is 17.6. The molecule has 0 saturated carbocycles. The van der Waals surface area contributed by atoms with Crippen LogP contribution in [0.5, 0.6) is 0 Å². The van der Waals surface area contributed by atoms with Crippen LogP contribution >= 0.6 is 7.29 Å². The van der Waals surface area contributed by atoms with Crippen molar-refractivity contribution in [2.24, 2.45) is 0 Å². The van der Waals surface area contributed by atoms with E-state index in [0.29, 0.717) is 0 Å². The third-order valence-corrected chi connectivity index (χ3v) is 11.2. The lowest BCUT2D eigenvalue weighted by molar-refractivity contribution is 0.586. The van der Waals surface area contributed by atoms with Crippen LogP contribution in [-0.2, 0) is 4.57 Å². The lowest BCUT2D eigenvalue weighted by atomic mass is 9.95. The first-order chi connectivity index (χ1) is 19.6. The van der Waals surface area contributed by atoms with Crippen molar-refractivity contribution in [3.05, 3.63) is 139 Å². The summed E-state index contributed by atoms with van der Waals surface area (Å²) in [6.45, 7) is 2.06. The van der Waals surface area contributed by atoms with Gasteiger partial charge in [0, 0.05) is 39.7 Å². The fraction of sp³-hybridized carbons (Fsp3) is 0.0278. The molecule has 0 spiro atoms. The van der Waals surface area contributed by atoms with E-state index < -0.39 is 7.29 Å². The van der Waals surface area contributed by atoms with E-state index in [0.717, 1.165) is 72.1 Å². The van der Waals surface area contributed by atoms with Gasteiger partial charge in [-0.2, -0.15) is 0 Å². The van der Waals surface area contributed by atoms with Crippen LogP contribution in [0.4, 0.5) is 11.4 Å². The van der Waals surface area contributed by atoms with E-state index in [9.17, 15) is 0 Å². The quantitative estimate of drug-likeness (QED) is 0.209. The van der Waals surface area contributed by atoms with Gasteiger partial charge in [-0.25, -0.2) is 0 Å². The predicted octanol–water partition coefficient (Wildman–Crippen LogP) is 8.75. The molecule has 1 atom stereocenters. The molecule has 190 valence electrons. The molecule has 8 rings (SSSR count). The van der Waals surface area contributed by atoms with Gasteiger partial charge < -0.3 is 0 Å². The molecule has 1 unspecified atom stereocenters. The third-order valence-electron chi connectivity index (χ3n) is 8.11. The molecule has 3 heterocycles. The van der Waals surface area contributed by atoms with E-state index in [4.69, 9.17) is 0 Å². The van der Waals surface area contributed by atoms with Gasteiger partial charge in [0.25, 0.3) is 0 Å². The van der Waals surface area contributed by atoms with E-state index in [1.165, 1.54) is 0 Å². The molecule has 2 aliphatic heterocycles. The van der Waals surface area contributed by atoms with Gasteiger partial charge in [-0.1, -0.05) is 84.9 Å². The molecule has 1 aromatic heterocycles. The highest BCUT2D eigenvalue weighted by Crippen LogP contribution is 2.65. The van der Waals surface area contributed by atoms with Crippen molar-refractivity contribution in [1.82, 2.24) is 4.98 Å². The minimum atomic E-state index is -3.17. The maximum absolute atomic E-state index is 15.5. The number of hydrogen-bond donors (Lipinski definition) is 0. The second kappa shape index (κ2) is 8.64. The number of pyridine rings is 1. The predicted molar refractivity (Wildman–Crippen MR) is 166 cm³/mol. The zero-order valence-electron chi connectivity index (χ0n) is 22.0. The molecule has 2 aliphatic rings. The summed E-state index contributed by atoms with van der Waals surface area (Å²) in [6, 6.07) is 42.1. The molecule has 0 radical (unpaired) electrons. The summed E-state index contributed by atoms with van der Waals surface area (Å²) in [6.07, 6.45) is 3.78. The Hall–Kier alpha value is -4.72. The lowest BCUT2D eigenvalue weighted by Crippen LogP contribution is -2.37. The second-order valence-electron chi connectivity index (χ2n) is 10.5. The number of anilines is 2. The topological polar surface area (TPSA) is 33.2 Å². The Kier molecular flexibility index (Phi) is 5.01. The fourth-order valence-electron chi connectivity index (χ4n) is 6.28. The van der Waals surface area contributed by atoms with Gasteiger partial charge in [-0.3, -0.25) is 14.2 Å². The summed E-state index contributed by atoms with van der Waals surface area (Å²) in [5.41, 5.74) is 12.0. The Morgan fingerprint density at radius 1 is 0.525 bits per heavy atom. The SMILES string of the molecule is Cc1cncc(-c2ccc(-c3ccc4c(c3)-c3ccccc3P3(=O)c5ccccc5-c5ccccc5N43)cc2)c1. The summed E-state index contributed by atoms with van der Waals surface area (Å²) in [5.74, 6) is 0. The average Bonchev–Trinajstić information content (AvgIpc) is 3.01. The first-order valence-corrected chi connectivity index (χ1v) is 15.1. The highest BCUT2D eigenvalue weighted by atomic mass is 31.2. The van der Waals surface area contributed by atoms with Gasteiger partial charge in [0.15, 0.2) is 0 Å². The Bertz CT molecular complexity index is 2010. The first kappa shape index (κ1) is 23.2. The fourth-order valence-corrected chi connectivity index (χ4v) is 9.55. The standard InChI is InChI=1S/C36H25N2OP/c1-24-20-28(23-37-22-24)26-16-14-25(15-17-26)27-18-19-34-32(21-27)31-10-4-7-13-36(31)40(39)35-12-6-3-9-30(35)29-8-2-5-11-33(29)38(34)40/h2-23H,1H3. The Morgan fingerprint density at radius 2 is 1.07 bits per heavy atom. The van der Waals surface area contributed by atoms with Crippen molar-refractivity contribution in [1.29, 1.82) is 0 Å². The van der Waals surface area contributed by atoms with Crippen LogP contribution < -0.4 is 15.3 Å². The van der Waals surface area contributed by atoms with Crippen LogP contribution in [0.25, 0.3) is 44.5 Å². The maximum Gasteiger partial charge on any atom is 0.235 e. The van der Waals surface area contributed by atoms with Crippen molar-refractivity contribution in [2.45, 2.75) is 6.92 Å². The van der Waals surface area contributed by atoms with Crippen LogP contribution in [-0.4, -0.2) is 4.98 Å². The van der Waals surface area contributed by atoms with Gasteiger partial charge in [0.1, 0.15) is 0 Å². The van der Waals surface area contributed by atoms with Gasteiger partial charge >= 0.3 is 0 Å². The van der Waals surface area contributed by atoms with Crippen LogP contribution in [0.1, 0.15) is 5.56 Å². The van der Waals surface area contributed by atoms with Crippen LogP contribution in [0.3, 0.4) is 0 Å². The van der Waals surface area contributed by atoms with Crippen LogP contribution in [0, 0.1) is 6.92 Å². The molecule has 6 aromatic rings. The van der Waals surface area contributed by atoms with E-state index in [1.54, 1.807) is 0 Å². The van der Waals surface area contributed by atoms with Crippen molar-refractivity contribution < 1.29 is 4.57 Å². The van der Waals surface area contributed by atoms with Gasteiger partial charge in [-0.15, -0.1) is 0 Å². The number of para-hydroxylation sites is 1. The third kappa shape index (κ3) is 3.25. The number of fused-ring (bicyclic) bond motifs is 11. The van der Waals surface area contributed by atoms with E-state index in [2.05, 4.69) is 95.4 Å². The van der Waals surface area contributed by atoms with Gasteiger partial charge in [0.05, 0.1) is 11.4 Å². The number of rotatable bonds is 2. The smallest absolute Gasteiger partial charge is 0.235 e. The highest BCUT2D eigenvalue weighted by molar-refractivity contribution is 7.81. The minimum Gasteiger partial charge on any atom is -0.289 e. The summed E-state index contributed by atoms with van der Waals surface area (Å²) in [4.78, 5) is 4.35. The molecule has 0 aliphatic carbocycles. The summed E-state index contributed by atoms with van der Waals surface area (Å²) in [5, 5.41) is 1.79. The van der Waals surface area contributed by atoms with Crippen molar-refractivity contribution >= 4 is 29.3 Å². The normalized spacial score (nSPS) is 16.3. The monoisotopic (exact) mass is 532 g/mol. The molecule has 0 saturated heterocycles. The Balaban J connectivity index is 1.32. The summed E-state index contributed by atoms with van der Waals surface area (Å²) >= 11 is 0. The first-order valence-electron chi connectivity index (χ1n) is 13.5. The molecule has 0 fully saturated rings. The molecule has 40 heavy (non-hydrogen) atoms. The number of aromatic nitrogens is 1. The lowest BCUT2D eigenvalue weighted by Gasteiger charge is -2.44. The molecule has 0 N–H and O–H groups in total. The number of aryl methyl sites for hydroxylation is 1. The largest absolute Gasteiger partial charge is 0.289 e. The number of hydrogen-bond acceptors (Lipinski definition) is 2. The Labute approximate surface area is 233 Å². The van der Waals surface area contributed by atoms with E-state index in [1.807, 2.05) is 54.9 Å². The minimum absolute atomic E-state index is 0.892. The average molecular weight is 533 g/mol. The van der Waals surface area contributed by atoms with Crippen molar-refractivity contribution in [2.75, 3.05) is 4.67 Å². The van der Waals surface area contributed by atoms with Gasteiger partial charge in [0.2, 0.25) is 7.29 Å². The molecule has 5 aromatic carbocycles. The zero-order chi connectivity index (χ0) is 26.8. The molecule has 0 bridgehead atoms. The maximum atomic E-state index is 15.5. The molecule has 3 nitrogen and oxygen atoms in total. The molecular formula is C36H25N2OP. The molecule has 4 heteroatoms. The van der Waals surface area contributed by atoms with E-state index in [-0.39, 0.29) is 0 Å². The second-order valence-corrected chi connectivity index (χ2v) is 13.0. The van der Waals surface area contributed by atoms with E-state index >= 15 is 4.57 Å². The van der Waals surface area contributed by atoms with Crippen molar-refractivity contribution in [3.8, 4) is 44.5 Å². The number of benzene rings is 5.